The van der Waals surface area contributed by atoms with Gasteiger partial charge in [-0.15, -0.1) is 0 Å². The van der Waals surface area contributed by atoms with Crippen LogP contribution in [-0.2, 0) is 11.3 Å². The first-order chi connectivity index (χ1) is 10.7. The van der Waals surface area contributed by atoms with E-state index in [0.29, 0.717) is 18.0 Å². The highest BCUT2D eigenvalue weighted by Gasteiger charge is 2.33. The number of carbonyl (C=O) groups excluding carboxylic acids is 1. The summed E-state index contributed by atoms with van der Waals surface area (Å²) in [5.41, 5.74) is 0. The number of fused-ring (bicyclic) bond motifs is 1. The molecule has 0 unspecified atom stereocenters. The van der Waals surface area contributed by atoms with Crippen molar-refractivity contribution in [1.29, 1.82) is 0 Å². The van der Waals surface area contributed by atoms with Crippen LogP contribution < -0.4 is 14.8 Å². The standard InChI is InChI=1S/C16H19N3O3/c1-12-15(22-14-6-3-2-5-13(14)21-12)16(20)18-7-4-9-19-10-8-17-11-19/h2-3,5-6,8,10-12,15H,4,7,9H2,1H3,(H,18,20)/t12-,15+/m0/s1. The highest BCUT2D eigenvalue weighted by atomic mass is 16.6. The highest BCUT2D eigenvalue weighted by molar-refractivity contribution is 5.82. The van der Waals surface area contributed by atoms with E-state index in [1.165, 1.54) is 0 Å². The smallest absolute Gasteiger partial charge is 0.265 e. The van der Waals surface area contributed by atoms with Crippen molar-refractivity contribution >= 4 is 5.91 Å². The maximum atomic E-state index is 12.2. The van der Waals surface area contributed by atoms with Crippen LogP contribution in [-0.4, -0.2) is 34.2 Å². The first kappa shape index (κ1) is 14.4. The summed E-state index contributed by atoms with van der Waals surface area (Å²) in [5, 5.41) is 2.90. The van der Waals surface area contributed by atoms with Crippen LogP contribution in [0.3, 0.4) is 0 Å². The molecule has 1 aliphatic heterocycles. The molecule has 2 atom stereocenters. The molecule has 2 heterocycles. The Balaban J connectivity index is 1.50. The number of hydrogen-bond donors (Lipinski definition) is 1. The minimum Gasteiger partial charge on any atom is -0.482 e. The molecule has 0 bridgehead atoms. The summed E-state index contributed by atoms with van der Waals surface area (Å²) in [4.78, 5) is 16.2. The number of hydrogen-bond acceptors (Lipinski definition) is 4. The Morgan fingerprint density at radius 2 is 2.09 bits per heavy atom. The first-order valence-electron chi connectivity index (χ1n) is 7.40. The van der Waals surface area contributed by atoms with E-state index in [1.54, 1.807) is 18.6 Å². The molecule has 1 amide bonds. The summed E-state index contributed by atoms with van der Waals surface area (Å²) >= 11 is 0. The van der Waals surface area contributed by atoms with Crippen LogP contribution in [0.1, 0.15) is 13.3 Å². The molecule has 0 fully saturated rings. The number of nitrogens with one attached hydrogen (secondary N) is 1. The van der Waals surface area contributed by atoms with Gasteiger partial charge >= 0.3 is 0 Å². The topological polar surface area (TPSA) is 65.4 Å². The van der Waals surface area contributed by atoms with Crippen LogP contribution in [0.25, 0.3) is 0 Å². The van der Waals surface area contributed by atoms with Crippen molar-refractivity contribution in [3.63, 3.8) is 0 Å². The van der Waals surface area contributed by atoms with E-state index in [9.17, 15) is 4.79 Å². The zero-order valence-corrected chi connectivity index (χ0v) is 12.4. The first-order valence-corrected chi connectivity index (χ1v) is 7.40. The van der Waals surface area contributed by atoms with Gasteiger partial charge in [0, 0.05) is 25.5 Å². The molecular formula is C16H19N3O3. The summed E-state index contributed by atoms with van der Waals surface area (Å²) in [7, 11) is 0. The molecule has 2 aromatic rings. The Morgan fingerprint density at radius 3 is 2.82 bits per heavy atom. The molecule has 6 nitrogen and oxygen atoms in total. The van der Waals surface area contributed by atoms with E-state index in [4.69, 9.17) is 9.47 Å². The van der Waals surface area contributed by atoms with Gasteiger partial charge in [-0.3, -0.25) is 4.79 Å². The fourth-order valence-corrected chi connectivity index (χ4v) is 2.40. The molecule has 0 saturated heterocycles. The van der Waals surface area contributed by atoms with Crippen molar-refractivity contribution < 1.29 is 14.3 Å². The Kier molecular flexibility index (Phi) is 4.27. The number of amides is 1. The number of nitrogens with zero attached hydrogens (tertiary/aromatic N) is 2. The zero-order valence-electron chi connectivity index (χ0n) is 12.4. The largest absolute Gasteiger partial charge is 0.482 e. The van der Waals surface area contributed by atoms with E-state index in [1.807, 2.05) is 35.9 Å². The van der Waals surface area contributed by atoms with Crippen LogP contribution in [0.5, 0.6) is 11.5 Å². The van der Waals surface area contributed by atoms with Crippen LogP contribution >= 0.6 is 0 Å². The maximum absolute atomic E-state index is 12.2. The zero-order chi connectivity index (χ0) is 15.4. The molecule has 6 heteroatoms. The number of rotatable bonds is 5. The fraction of sp³-hybridized carbons (Fsp3) is 0.375. The molecular weight excluding hydrogens is 282 g/mol. The lowest BCUT2D eigenvalue weighted by atomic mass is 10.1. The van der Waals surface area contributed by atoms with Crippen molar-refractivity contribution in [2.75, 3.05) is 6.54 Å². The summed E-state index contributed by atoms with van der Waals surface area (Å²) in [6.45, 7) is 3.25. The van der Waals surface area contributed by atoms with Gasteiger partial charge in [-0.05, 0) is 25.5 Å². The molecule has 1 aromatic heterocycles. The molecule has 22 heavy (non-hydrogen) atoms. The molecule has 0 saturated carbocycles. The normalized spacial score (nSPS) is 19.7. The third-order valence-electron chi connectivity index (χ3n) is 3.55. The molecule has 0 aliphatic carbocycles. The lowest BCUT2D eigenvalue weighted by Crippen LogP contribution is -2.49. The van der Waals surface area contributed by atoms with E-state index >= 15 is 0 Å². The minimum absolute atomic E-state index is 0.146. The van der Waals surface area contributed by atoms with E-state index in [-0.39, 0.29) is 12.0 Å². The Hall–Kier alpha value is -2.50. The number of ether oxygens (including phenoxy) is 2. The van der Waals surface area contributed by atoms with Gasteiger partial charge in [-0.2, -0.15) is 0 Å². The SMILES string of the molecule is C[C@@H]1Oc2ccccc2O[C@H]1C(=O)NCCCn1ccnc1. The third-order valence-corrected chi connectivity index (χ3v) is 3.55. The number of aromatic nitrogens is 2. The Morgan fingerprint density at radius 1 is 1.32 bits per heavy atom. The van der Waals surface area contributed by atoms with Crippen molar-refractivity contribution in [3.8, 4) is 11.5 Å². The quantitative estimate of drug-likeness (QED) is 0.852. The van der Waals surface area contributed by atoms with Crippen molar-refractivity contribution in [3.05, 3.63) is 43.0 Å². The van der Waals surface area contributed by atoms with E-state index in [2.05, 4.69) is 10.3 Å². The second kappa shape index (κ2) is 6.51. The number of aryl methyl sites for hydroxylation is 1. The average Bonchev–Trinajstić information content (AvgIpc) is 3.04. The predicted molar refractivity (Wildman–Crippen MR) is 80.8 cm³/mol. The number of para-hydroxylation sites is 2. The predicted octanol–water partition coefficient (Wildman–Crippen LogP) is 1.62. The average molecular weight is 301 g/mol. The van der Waals surface area contributed by atoms with Crippen LogP contribution in [0.2, 0.25) is 0 Å². The molecule has 1 aromatic carbocycles. The number of carbonyl (C=O) groups is 1. The van der Waals surface area contributed by atoms with Crippen molar-refractivity contribution in [1.82, 2.24) is 14.9 Å². The van der Waals surface area contributed by atoms with Gasteiger partial charge in [0.2, 0.25) is 6.10 Å². The Bertz CT molecular complexity index is 627. The van der Waals surface area contributed by atoms with Gasteiger partial charge in [0.25, 0.3) is 5.91 Å². The summed E-state index contributed by atoms with van der Waals surface area (Å²) in [5.74, 6) is 1.14. The van der Waals surface area contributed by atoms with E-state index in [0.717, 1.165) is 13.0 Å². The van der Waals surface area contributed by atoms with Gasteiger partial charge in [-0.1, -0.05) is 12.1 Å². The highest BCUT2D eigenvalue weighted by Crippen LogP contribution is 2.33. The molecule has 1 aliphatic rings. The second-order valence-electron chi connectivity index (χ2n) is 5.25. The summed E-state index contributed by atoms with van der Waals surface area (Å²) < 4.78 is 13.5. The molecule has 3 rings (SSSR count). The Labute approximate surface area is 129 Å². The van der Waals surface area contributed by atoms with Crippen molar-refractivity contribution in [2.45, 2.75) is 32.1 Å². The lowest BCUT2D eigenvalue weighted by molar-refractivity contribution is -0.133. The van der Waals surface area contributed by atoms with Crippen LogP contribution in [0.15, 0.2) is 43.0 Å². The third kappa shape index (κ3) is 3.21. The fourth-order valence-electron chi connectivity index (χ4n) is 2.40. The lowest BCUT2D eigenvalue weighted by Gasteiger charge is -2.31. The van der Waals surface area contributed by atoms with Gasteiger partial charge < -0.3 is 19.4 Å². The number of imidazole rings is 1. The molecule has 116 valence electrons. The molecule has 1 N–H and O–H groups in total. The van der Waals surface area contributed by atoms with Gasteiger partial charge in [-0.25, -0.2) is 4.98 Å². The summed E-state index contributed by atoms with van der Waals surface area (Å²) in [6.07, 6.45) is 5.30. The number of benzene rings is 1. The van der Waals surface area contributed by atoms with Gasteiger partial charge in [0.1, 0.15) is 6.10 Å². The van der Waals surface area contributed by atoms with Crippen LogP contribution in [0.4, 0.5) is 0 Å². The monoisotopic (exact) mass is 301 g/mol. The van der Waals surface area contributed by atoms with Crippen LogP contribution in [0, 0.1) is 0 Å². The minimum atomic E-state index is -0.622. The van der Waals surface area contributed by atoms with Crippen molar-refractivity contribution in [2.24, 2.45) is 0 Å². The van der Waals surface area contributed by atoms with Gasteiger partial charge in [0.15, 0.2) is 11.5 Å². The van der Waals surface area contributed by atoms with Gasteiger partial charge in [0.05, 0.1) is 6.33 Å². The summed E-state index contributed by atoms with van der Waals surface area (Å²) in [6, 6.07) is 7.38. The maximum Gasteiger partial charge on any atom is 0.265 e. The second-order valence-corrected chi connectivity index (χ2v) is 5.25. The van der Waals surface area contributed by atoms with E-state index < -0.39 is 6.10 Å². The molecule has 0 spiro atoms. The molecule has 0 radical (unpaired) electrons.